The molecule has 0 radical (unpaired) electrons. The van der Waals surface area contributed by atoms with Crippen LogP contribution in [0, 0.1) is 5.92 Å². The van der Waals surface area contributed by atoms with Crippen molar-refractivity contribution in [2.24, 2.45) is 5.92 Å². The largest absolute Gasteiger partial charge is 0.493 e. The number of benzene rings is 1. The van der Waals surface area contributed by atoms with Crippen molar-refractivity contribution in [2.75, 3.05) is 26.2 Å². The van der Waals surface area contributed by atoms with Gasteiger partial charge in [0, 0.05) is 16.9 Å². The van der Waals surface area contributed by atoms with Gasteiger partial charge in [0.15, 0.2) is 0 Å². The second kappa shape index (κ2) is 6.80. The van der Waals surface area contributed by atoms with Crippen LogP contribution >= 0.6 is 15.9 Å². The topological polar surface area (TPSA) is 12.5 Å². The van der Waals surface area contributed by atoms with Crippen molar-refractivity contribution in [2.45, 2.75) is 19.0 Å². The van der Waals surface area contributed by atoms with Crippen LogP contribution in [0.2, 0.25) is 0 Å². The van der Waals surface area contributed by atoms with E-state index in [0.717, 1.165) is 23.1 Å². The third-order valence-electron chi connectivity index (χ3n) is 3.29. The summed E-state index contributed by atoms with van der Waals surface area (Å²) in [6.45, 7) is 0.617. The summed E-state index contributed by atoms with van der Waals surface area (Å²) in [7, 11) is 0. The highest BCUT2D eigenvalue weighted by Gasteiger charge is 2.33. The van der Waals surface area contributed by atoms with Crippen molar-refractivity contribution >= 4 is 15.9 Å². The first-order valence-corrected chi connectivity index (χ1v) is 7.39. The maximum Gasteiger partial charge on any atom is 0.401 e. The van der Waals surface area contributed by atoms with Crippen LogP contribution in [0.1, 0.15) is 12.8 Å². The molecule has 6 heteroatoms. The molecule has 0 N–H and O–H groups in total. The zero-order chi connectivity index (χ0) is 14.6. The van der Waals surface area contributed by atoms with Crippen molar-refractivity contribution in [3.63, 3.8) is 0 Å². The lowest BCUT2D eigenvalue weighted by Gasteiger charge is -2.32. The SMILES string of the molecule is FC(F)(F)CN1CCC[C@H](COc2cccc(Br)c2)C1. The van der Waals surface area contributed by atoms with Crippen LogP contribution in [0.15, 0.2) is 28.7 Å². The third-order valence-corrected chi connectivity index (χ3v) is 3.78. The van der Waals surface area contributed by atoms with E-state index in [1.165, 1.54) is 4.90 Å². The van der Waals surface area contributed by atoms with E-state index in [9.17, 15) is 13.2 Å². The average molecular weight is 352 g/mol. The van der Waals surface area contributed by atoms with Crippen molar-refractivity contribution in [1.82, 2.24) is 4.90 Å². The van der Waals surface area contributed by atoms with Gasteiger partial charge in [-0.25, -0.2) is 0 Å². The van der Waals surface area contributed by atoms with Crippen molar-refractivity contribution in [1.29, 1.82) is 0 Å². The van der Waals surface area contributed by atoms with Crippen LogP contribution in [0.25, 0.3) is 0 Å². The molecule has 20 heavy (non-hydrogen) atoms. The van der Waals surface area contributed by atoms with Gasteiger partial charge >= 0.3 is 6.18 Å². The van der Waals surface area contributed by atoms with Gasteiger partial charge < -0.3 is 4.74 Å². The Morgan fingerprint density at radius 3 is 2.85 bits per heavy atom. The van der Waals surface area contributed by atoms with Gasteiger partial charge in [-0.05, 0) is 37.6 Å². The molecule has 1 aromatic rings. The zero-order valence-corrected chi connectivity index (χ0v) is 12.6. The fraction of sp³-hybridized carbons (Fsp3) is 0.571. The molecule has 2 rings (SSSR count). The number of piperidine rings is 1. The van der Waals surface area contributed by atoms with Crippen molar-refractivity contribution in [3.05, 3.63) is 28.7 Å². The number of hydrogen-bond donors (Lipinski definition) is 0. The molecule has 1 aliphatic rings. The molecule has 1 heterocycles. The lowest BCUT2D eigenvalue weighted by atomic mass is 9.99. The number of likely N-dealkylation sites (tertiary alicyclic amines) is 1. The van der Waals surface area contributed by atoms with Crippen LogP contribution in [-0.4, -0.2) is 37.3 Å². The molecule has 0 spiro atoms. The summed E-state index contributed by atoms with van der Waals surface area (Å²) < 4.78 is 43.7. The van der Waals surface area contributed by atoms with E-state index >= 15 is 0 Å². The van der Waals surface area contributed by atoms with E-state index in [0.29, 0.717) is 19.7 Å². The fourth-order valence-corrected chi connectivity index (χ4v) is 2.83. The Labute approximate surface area is 125 Å². The highest BCUT2D eigenvalue weighted by molar-refractivity contribution is 9.10. The van der Waals surface area contributed by atoms with Crippen LogP contribution in [0.4, 0.5) is 13.2 Å². The summed E-state index contributed by atoms with van der Waals surface area (Å²) in [5, 5.41) is 0. The molecule has 0 unspecified atom stereocenters. The molecule has 0 bridgehead atoms. The molecule has 2 nitrogen and oxygen atoms in total. The highest BCUT2D eigenvalue weighted by Crippen LogP contribution is 2.24. The maximum atomic E-state index is 12.4. The lowest BCUT2D eigenvalue weighted by Crippen LogP contribution is -2.42. The van der Waals surface area contributed by atoms with E-state index in [1.807, 2.05) is 24.3 Å². The molecule has 1 atom stereocenters. The van der Waals surface area contributed by atoms with Crippen molar-refractivity contribution in [3.8, 4) is 5.75 Å². The van der Waals surface area contributed by atoms with Gasteiger partial charge in [-0.3, -0.25) is 4.90 Å². The first-order chi connectivity index (χ1) is 9.42. The number of nitrogens with zero attached hydrogens (tertiary/aromatic N) is 1. The molecule has 0 aromatic heterocycles. The Kier molecular flexibility index (Phi) is 5.32. The second-order valence-electron chi connectivity index (χ2n) is 5.13. The maximum absolute atomic E-state index is 12.4. The first kappa shape index (κ1) is 15.6. The number of hydrogen-bond acceptors (Lipinski definition) is 2. The predicted molar refractivity (Wildman–Crippen MR) is 74.9 cm³/mol. The molecule has 1 saturated heterocycles. The number of halogens is 4. The van der Waals surface area contributed by atoms with Gasteiger partial charge in [-0.15, -0.1) is 0 Å². The van der Waals surface area contributed by atoms with E-state index in [4.69, 9.17) is 4.74 Å². The highest BCUT2D eigenvalue weighted by atomic mass is 79.9. The molecule has 0 saturated carbocycles. The summed E-state index contributed by atoms with van der Waals surface area (Å²) >= 11 is 3.36. The van der Waals surface area contributed by atoms with E-state index in [-0.39, 0.29) is 5.92 Å². The standard InChI is InChI=1S/C14H17BrF3NO/c15-12-4-1-5-13(7-12)20-9-11-3-2-6-19(8-11)10-14(16,17)18/h1,4-5,7,11H,2-3,6,8-10H2/t11-/m0/s1. The summed E-state index contributed by atoms with van der Waals surface area (Å²) in [4.78, 5) is 1.47. The Bertz CT molecular complexity index is 439. The van der Waals surface area contributed by atoms with Gasteiger partial charge in [0.1, 0.15) is 5.75 Å². The monoisotopic (exact) mass is 351 g/mol. The van der Waals surface area contributed by atoms with Gasteiger partial charge in [0.25, 0.3) is 0 Å². The summed E-state index contributed by atoms with van der Waals surface area (Å²) in [5.41, 5.74) is 0. The van der Waals surface area contributed by atoms with Crippen LogP contribution in [-0.2, 0) is 0 Å². The van der Waals surface area contributed by atoms with Crippen molar-refractivity contribution < 1.29 is 17.9 Å². The lowest BCUT2D eigenvalue weighted by molar-refractivity contribution is -0.149. The van der Waals surface area contributed by atoms with E-state index in [1.54, 1.807) is 0 Å². The Hall–Kier alpha value is -0.750. The average Bonchev–Trinajstić information content (AvgIpc) is 2.35. The van der Waals surface area contributed by atoms with Gasteiger partial charge in [-0.1, -0.05) is 22.0 Å². The number of rotatable bonds is 4. The Balaban J connectivity index is 1.81. The summed E-state index contributed by atoms with van der Waals surface area (Å²) in [6, 6.07) is 7.48. The summed E-state index contributed by atoms with van der Waals surface area (Å²) in [6.07, 6.45) is -2.40. The molecule has 112 valence electrons. The minimum Gasteiger partial charge on any atom is -0.493 e. The fourth-order valence-electron chi connectivity index (χ4n) is 2.46. The van der Waals surface area contributed by atoms with E-state index in [2.05, 4.69) is 15.9 Å². The molecule has 1 fully saturated rings. The molecule has 0 aliphatic carbocycles. The smallest absolute Gasteiger partial charge is 0.401 e. The third kappa shape index (κ3) is 5.32. The normalized spacial score (nSPS) is 20.9. The molecule has 1 aliphatic heterocycles. The van der Waals surface area contributed by atoms with Gasteiger partial charge in [-0.2, -0.15) is 13.2 Å². The molecular weight excluding hydrogens is 335 g/mol. The van der Waals surface area contributed by atoms with Gasteiger partial charge in [0.2, 0.25) is 0 Å². The summed E-state index contributed by atoms with van der Waals surface area (Å²) in [5.74, 6) is 0.900. The molecular formula is C14H17BrF3NO. The minimum atomic E-state index is -4.12. The predicted octanol–water partition coefficient (Wildman–Crippen LogP) is 4.10. The Morgan fingerprint density at radius 2 is 2.15 bits per heavy atom. The first-order valence-electron chi connectivity index (χ1n) is 6.60. The van der Waals surface area contributed by atoms with Crippen LogP contribution in [0.5, 0.6) is 5.75 Å². The van der Waals surface area contributed by atoms with Crippen LogP contribution in [0.3, 0.4) is 0 Å². The molecule has 1 aromatic carbocycles. The van der Waals surface area contributed by atoms with Gasteiger partial charge in [0.05, 0.1) is 13.2 Å². The molecule has 0 amide bonds. The van der Waals surface area contributed by atoms with E-state index < -0.39 is 12.7 Å². The van der Waals surface area contributed by atoms with Crippen LogP contribution < -0.4 is 4.74 Å². The quantitative estimate of drug-likeness (QED) is 0.809. The number of alkyl halides is 3. The minimum absolute atomic E-state index is 0.157. The number of ether oxygens (including phenoxy) is 1. The Morgan fingerprint density at radius 1 is 1.35 bits per heavy atom. The second-order valence-corrected chi connectivity index (χ2v) is 6.04. The zero-order valence-electron chi connectivity index (χ0n) is 11.0.